The first-order valence-corrected chi connectivity index (χ1v) is 6.72. The average molecular weight is 263 g/mol. The molecule has 1 aliphatic heterocycles. The number of amides is 1. The Kier molecular flexibility index (Phi) is 4.37. The molecule has 0 bridgehead atoms. The van der Waals surface area contributed by atoms with Crippen LogP contribution in [-0.2, 0) is 4.74 Å². The second-order valence-electron chi connectivity index (χ2n) is 4.85. The zero-order valence-electron chi connectivity index (χ0n) is 11.7. The smallest absolute Gasteiger partial charge is 0.255 e. The number of ether oxygens (including phenoxy) is 1. The van der Waals surface area contributed by atoms with E-state index in [1.54, 1.807) is 13.2 Å². The quantitative estimate of drug-likeness (QED) is 0.903. The van der Waals surface area contributed by atoms with Crippen molar-refractivity contribution in [3.8, 4) is 0 Å². The van der Waals surface area contributed by atoms with Crippen LogP contribution in [-0.4, -0.2) is 48.1 Å². The van der Waals surface area contributed by atoms with Crippen molar-refractivity contribution in [1.29, 1.82) is 0 Å². The first-order chi connectivity index (χ1) is 9.15. The molecule has 104 valence electrons. The summed E-state index contributed by atoms with van der Waals surface area (Å²) in [7, 11) is 1.81. The molecular weight excluding hydrogens is 242 g/mol. The highest BCUT2D eigenvalue weighted by Crippen LogP contribution is 2.18. The molecule has 1 aromatic heterocycles. The fourth-order valence-electron chi connectivity index (χ4n) is 2.27. The van der Waals surface area contributed by atoms with E-state index in [-0.39, 0.29) is 18.1 Å². The lowest BCUT2D eigenvalue weighted by molar-refractivity contribution is -0.0444. The van der Waals surface area contributed by atoms with Gasteiger partial charge in [0.05, 0.1) is 24.3 Å². The van der Waals surface area contributed by atoms with Crippen LogP contribution in [0.25, 0.3) is 0 Å². The van der Waals surface area contributed by atoms with Crippen molar-refractivity contribution in [3.05, 3.63) is 23.9 Å². The van der Waals surface area contributed by atoms with Crippen LogP contribution in [0, 0.1) is 0 Å². The Bertz CT molecular complexity index is 433. The lowest BCUT2D eigenvalue weighted by atomic mass is 10.1. The van der Waals surface area contributed by atoms with Gasteiger partial charge in [0.1, 0.15) is 5.82 Å². The summed E-state index contributed by atoms with van der Waals surface area (Å²) >= 11 is 0. The molecule has 0 aliphatic carbocycles. The number of anilines is 1. The Balaban J connectivity index is 2.15. The Morgan fingerprint density at radius 3 is 2.95 bits per heavy atom. The van der Waals surface area contributed by atoms with Gasteiger partial charge in [0.15, 0.2) is 0 Å². The molecule has 2 atom stereocenters. The first kappa shape index (κ1) is 13.8. The maximum atomic E-state index is 12.5. The monoisotopic (exact) mass is 263 g/mol. The van der Waals surface area contributed by atoms with Crippen LogP contribution < -0.4 is 5.32 Å². The van der Waals surface area contributed by atoms with Crippen LogP contribution in [0.3, 0.4) is 0 Å². The molecule has 1 fully saturated rings. The molecule has 0 spiro atoms. The molecule has 2 heterocycles. The second-order valence-corrected chi connectivity index (χ2v) is 4.85. The van der Waals surface area contributed by atoms with Crippen LogP contribution in [0.4, 0.5) is 5.82 Å². The largest absolute Gasteiger partial charge is 0.375 e. The van der Waals surface area contributed by atoms with Gasteiger partial charge in [0.25, 0.3) is 5.91 Å². The average Bonchev–Trinajstić information content (AvgIpc) is 2.46. The summed E-state index contributed by atoms with van der Waals surface area (Å²) in [5.41, 5.74) is 0.631. The van der Waals surface area contributed by atoms with Gasteiger partial charge in [-0.3, -0.25) is 4.79 Å². The van der Waals surface area contributed by atoms with Gasteiger partial charge in [-0.25, -0.2) is 4.98 Å². The number of hydrogen-bond donors (Lipinski definition) is 1. The Labute approximate surface area is 114 Å². The van der Waals surface area contributed by atoms with E-state index in [9.17, 15) is 4.79 Å². The summed E-state index contributed by atoms with van der Waals surface area (Å²) in [6.45, 7) is 5.33. The number of morpholine rings is 1. The molecule has 2 rings (SSSR count). The van der Waals surface area contributed by atoms with Gasteiger partial charge in [-0.2, -0.15) is 0 Å². The SMILES string of the molecule is CCC1COC(C)CN1C(=O)c1ccc(NC)nc1. The molecule has 19 heavy (non-hydrogen) atoms. The van der Waals surface area contributed by atoms with Gasteiger partial charge in [0, 0.05) is 19.8 Å². The number of pyridine rings is 1. The first-order valence-electron chi connectivity index (χ1n) is 6.72. The highest BCUT2D eigenvalue weighted by atomic mass is 16.5. The van der Waals surface area contributed by atoms with Crippen molar-refractivity contribution in [3.63, 3.8) is 0 Å². The Hall–Kier alpha value is -1.62. The third-order valence-electron chi connectivity index (χ3n) is 3.47. The molecule has 1 aromatic rings. The van der Waals surface area contributed by atoms with Gasteiger partial charge >= 0.3 is 0 Å². The van der Waals surface area contributed by atoms with E-state index in [4.69, 9.17) is 4.74 Å². The van der Waals surface area contributed by atoms with Crippen molar-refractivity contribution in [2.45, 2.75) is 32.4 Å². The van der Waals surface area contributed by atoms with E-state index in [0.717, 1.165) is 12.2 Å². The molecular formula is C14H21N3O2. The molecule has 5 heteroatoms. The van der Waals surface area contributed by atoms with Crippen molar-refractivity contribution in [2.24, 2.45) is 0 Å². The molecule has 1 N–H and O–H groups in total. The number of nitrogens with one attached hydrogen (secondary N) is 1. The predicted octanol–water partition coefficient (Wildman–Crippen LogP) is 1.76. The summed E-state index contributed by atoms with van der Waals surface area (Å²) in [5, 5.41) is 2.94. The van der Waals surface area contributed by atoms with Gasteiger partial charge in [-0.05, 0) is 25.5 Å². The summed E-state index contributed by atoms with van der Waals surface area (Å²) < 4.78 is 5.61. The van der Waals surface area contributed by atoms with Crippen LogP contribution in [0.2, 0.25) is 0 Å². The Morgan fingerprint density at radius 2 is 2.37 bits per heavy atom. The fourth-order valence-corrected chi connectivity index (χ4v) is 2.27. The van der Waals surface area contributed by atoms with Crippen LogP contribution in [0.15, 0.2) is 18.3 Å². The number of rotatable bonds is 3. The van der Waals surface area contributed by atoms with E-state index >= 15 is 0 Å². The van der Waals surface area contributed by atoms with E-state index < -0.39 is 0 Å². The fraction of sp³-hybridized carbons (Fsp3) is 0.571. The second kappa shape index (κ2) is 6.02. The van der Waals surface area contributed by atoms with E-state index in [1.807, 2.05) is 24.0 Å². The third kappa shape index (κ3) is 3.04. The zero-order chi connectivity index (χ0) is 13.8. The topological polar surface area (TPSA) is 54.5 Å². The molecule has 1 aliphatic rings. The standard InChI is InChI=1S/C14H21N3O2/c1-4-12-9-19-10(2)8-17(12)14(18)11-5-6-13(15-3)16-7-11/h5-7,10,12H,4,8-9H2,1-3H3,(H,15,16). The van der Waals surface area contributed by atoms with Gasteiger partial charge in [0.2, 0.25) is 0 Å². The molecule has 0 saturated carbocycles. The highest BCUT2D eigenvalue weighted by Gasteiger charge is 2.30. The minimum absolute atomic E-state index is 0.0390. The minimum atomic E-state index is 0.0390. The third-order valence-corrected chi connectivity index (χ3v) is 3.47. The molecule has 2 unspecified atom stereocenters. The molecule has 1 saturated heterocycles. The highest BCUT2D eigenvalue weighted by molar-refractivity contribution is 5.94. The number of aromatic nitrogens is 1. The molecule has 0 aromatic carbocycles. The van der Waals surface area contributed by atoms with Crippen molar-refractivity contribution < 1.29 is 9.53 Å². The van der Waals surface area contributed by atoms with E-state index in [1.165, 1.54) is 0 Å². The Morgan fingerprint density at radius 1 is 1.58 bits per heavy atom. The summed E-state index contributed by atoms with van der Waals surface area (Å²) in [4.78, 5) is 18.6. The predicted molar refractivity (Wildman–Crippen MR) is 74.3 cm³/mol. The lowest BCUT2D eigenvalue weighted by Crippen LogP contribution is -2.51. The van der Waals surface area contributed by atoms with Gasteiger partial charge in [-0.15, -0.1) is 0 Å². The molecule has 1 amide bonds. The van der Waals surface area contributed by atoms with Crippen LogP contribution in [0.1, 0.15) is 30.6 Å². The summed E-state index contributed by atoms with van der Waals surface area (Å²) in [6, 6.07) is 3.79. The van der Waals surface area contributed by atoms with E-state index in [2.05, 4.69) is 17.2 Å². The number of nitrogens with zero attached hydrogens (tertiary/aromatic N) is 2. The number of carbonyl (C=O) groups excluding carboxylic acids is 1. The maximum absolute atomic E-state index is 12.5. The lowest BCUT2D eigenvalue weighted by Gasteiger charge is -2.38. The van der Waals surface area contributed by atoms with Gasteiger partial charge < -0.3 is 15.0 Å². The van der Waals surface area contributed by atoms with Crippen LogP contribution in [0.5, 0.6) is 0 Å². The van der Waals surface area contributed by atoms with E-state index in [0.29, 0.717) is 18.7 Å². The van der Waals surface area contributed by atoms with Crippen molar-refractivity contribution in [2.75, 3.05) is 25.5 Å². The van der Waals surface area contributed by atoms with Gasteiger partial charge in [-0.1, -0.05) is 6.92 Å². The summed E-state index contributed by atoms with van der Waals surface area (Å²) in [5.74, 6) is 0.802. The van der Waals surface area contributed by atoms with Crippen molar-refractivity contribution in [1.82, 2.24) is 9.88 Å². The van der Waals surface area contributed by atoms with Crippen LogP contribution >= 0.6 is 0 Å². The number of hydrogen-bond acceptors (Lipinski definition) is 4. The normalized spacial score (nSPS) is 23.2. The molecule has 0 radical (unpaired) electrons. The number of carbonyl (C=O) groups is 1. The minimum Gasteiger partial charge on any atom is -0.375 e. The zero-order valence-corrected chi connectivity index (χ0v) is 11.7. The summed E-state index contributed by atoms with van der Waals surface area (Å²) in [6.07, 6.45) is 2.62. The maximum Gasteiger partial charge on any atom is 0.255 e. The molecule has 5 nitrogen and oxygen atoms in total. The van der Waals surface area contributed by atoms with Crippen molar-refractivity contribution >= 4 is 11.7 Å².